The van der Waals surface area contributed by atoms with Crippen molar-refractivity contribution in [3.8, 4) is 5.75 Å². The van der Waals surface area contributed by atoms with Crippen LogP contribution in [-0.2, 0) is 39.0 Å². The summed E-state index contributed by atoms with van der Waals surface area (Å²) < 4.78 is 7.84. The molecule has 5 N–H and O–H groups in total. The summed E-state index contributed by atoms with van der Waals surface area (Å²) in [5.41, 5.74) is 21.7. The van der Waals surface area contributed by atoms with Gasteiger partial charge >= 0.3 is 0 Å². The van der Waals surface area contributed by atoms with Crippen LogP contribution >= 0.6 is 0 Å². The lowest BCUT2D eigenvalue weighted by Crippen LogP contribution is -2.47. The number of aryl methyl sites for hydroxylation is 4. The summed E-state index contributed by atoms with van der Waals surface area (Å²) in [6, 6.07) is 38.5. The van der Waals surface area contributed by atoms with Gasteiger partial charge < -0.3 is 30.6 Å². The van der Waals surface area contributed by atoms with E-state index in [0.717, 1.165) is 109 Å². The normalized spacial score (nSPS) is 13.2. The third-order valence-electron chi connectivity index (χ3n) is 11.1. The van der Waals surface area contributed by atoms with Crippen molar-refractivity contribution in [3.05, 3.63) is 160 Å². The van der Waals surface area contributed by atoms with Crippen molar-refractivity contribution >= 4 is 28.5 Å². The van der Waals surface area contributed by atoms with E-state index in [9.17, 15) is 4.79 Å². The number of anilines is 1. The minimum atomic E-state index is -0.0610. The number of nitrogens with zero attached hydrogens (tertiary/aromatic N) is 5. The lowest BCUT2D eigenvalue weighted by Gasteiger charge is -2.36. The maximum atomic E-state index is 14.4. The number of methoxy groups -OCH3 is 1. The summed E-state index contributed by atoms with van der Waals surface area (Å²) in [7, 11) is 1.65. The van der Waals surface area contributed by atoms with E-state index in [1.54, 1.807) is 7.11 Å². The van der Waals surface area contributed by atoms with Crippen LogP contribution in [0.25, 0.3) is 11.0 Å². The number of imidazole rings is 1. The van der Waals surface area contributed by atoms with E-state index in [2.05, 4.69) is 51.6 Å². The van der Waals surface area contributed by atoms with E-state index in [0.29, 0.717) is 25.2 Å². The molecule has 57 heavy (non-hydrogen) atoms. The monoisotopic (exact) mass is 762 g/mol. The van der Waals surface area contributed by atoms with Gasteiger partial charge in [0.2, 0.25) is 0 Å². The van der Waals surface area contributed by atoms with E-state index in [1.165, 1.54) is 11.3 Å². The predicted octanol–water partition coefficient (Wildman–Crippen LogP) is 6.94. The van der Waals surface area contributed by atoms with Gasteiger partial charge in [0, 0.05) is 75.6 Å². The van der Waals surface area contributed by atoms with Crippen LogP contribution in [0.5, 0.6) is 5.75 Å². The number of nitrogens with one attached hydrogen (secondary N) is 1. The Balaban J connectivity index is 1.11. The van der Waals surface area contributed by atoms with Crippen LogP contribution in [0.1, 0.15) is 56.0 Å². The fourth-order valence-electron chi connectivity index (χ4n) is 7.82. The minimum absolute atomic E-state index is 0.0610. The summed E-state index contributed by atoms with van der Waals surface area (Å²) in [4.78, 5) is 26.6. The Labute approximate surface area is 336 Å². The smallest absolute Gasteiger partial charge is 0.254 e. The summed E-state index contributed by atoms with van der Waals surface area (Å²) in [6.45, 7) is 9.50. The van der Waals surface area contributed by atoms with Crippen LogP contribution in [0.2, 0.25) is 0 Å². The van der Waals surface area contributed by atoms with E-state index < -0.39 is 0 Å². The average molecular weight is 763 g/mol. The predicted molar refractivity (Wildman–Crippen MR) is 230 cm³/mol. The molecule has 6 aromatic rings. The fourth-order valence-corrected chi connectivity index (χ4v) is 7.82. The Bertz CT molecular complexity index is 2290. The third-order valence-corrected chi connectivity index (χ3v) is 11.1. The van der Waals surface area contributed by atoms with Gasteiger partial charge in [-0.1, -0.05) is 78.9 Å². The first-order chi connectivity index (χ1) is 27.8. The molecule has 10 heteroatoms. The number of rotatable bonds is 16. The SMILES string of the molecule is COc1cccc(CN(Cc2ccc(CN)cc2)C(=O)c2ccc3c(c2)nc(CCc2ccc(C(=N)N)cc2)n3CCCN2CCN(c3ccccc3C)CC2)c1. The Hall–Kier alpha value is -5.97. The first kappa shape index (κ1) is 39.3. The van der Waals surface area contributed by atoms with Crippen molar-refractivity contribution in [2.75, 3.05) is 44.7 Å². The molecule has 1 aromatic heterocycles. The zero-order chi connectivity index (χ0) is 39.7. The number of carbonyl (C=O) groups excluding carboxylic acids is 1. The molecule has 294 valence electrons. The van der Waals surface area contributed by atoms with Crippen molar-refractivity contribution in [2.24, 2.45) is 11.5 Å². The second kappa shape index (κ2) is 18.3. The molecule has 0 bridgehead atoms. The molecule has 0 spiro atoms. The van der Waals surface area contributed by atoms with E-state index >= 15 is 0 Å². The number of amides is 1. The number of aromatic nitrogens is 2. The standard InChI is InChI=1S/C47H54N8O2/c1-34-7-3-4-10-43(34)53-27-25-52(26-28-53)23-6-24-55-44-21-20-40(30-42(44)51-45(55)22-17-35-15-18-39(19-16-35)46(49)50)47(56)54(32-37-13-11-36(31-48)12-14-37)33-38-8-5-9-41(29-38)57-2/h3-5,7-16,18-21,29-30H,6,17,22-28,31-33,48H2,1-2H3,(H3,49,50). The molecular weight excluding hydrogens is 709 g/mol. The number of carbonyl (C=O) groups is 1. The maximum Gasteiger partial charge on any atom is 0.254 e. The van der Waals surface area contributed by atoms with Gasteiger partial charge in [0.05, 0.1) is 18.1 Å². The Morgan fingerprint density at radius 3 is 2.19 bits per heavy atom. The zero-order valence-corrected chi connectivity index (χ0v) is 33.2. The molecule has 1 aliphatic rings. The molecule has 1 saturated heterocycles. The molecule has 0 aliphatic carbocycles. The van der Waals surface area contributed by atoms with Crippen molar-refractivity contribution in [3.63, 3.8) is 0 Å². The van der Waals surface area contributed by atoms with Crippen molar-refractivity contribution in [1.29, 1.82) is 5.41 Å². The lowest BCUT2D eigenvalue weighted by atomic mass is 10.1. The summed E-state index contributed by atoms with van der Waals surface area (Å²) >= 11 is 0. The van der Waals surface area contributed by atoms with Gasteiger partial charge in [-0.15, -0.1) is 0 Å². The Kier molecular flexibility index (Phi) is 12.6. The lowest BCUT2D eigenvalue weighted by molar-refractivity contribution is 0.0730. The van der Waals surface area contributed by atoms with E-state index in [4.69, 9.17) is 26.6 Å². The second-order valence-electron chi connectivity index (χ2n) is 15.0. The highest BCUT2D eigenvalue weighted by Gasteiger charge is 2.21. The van der Waals surface area contributed by atoms with Crippen molar-refractivity contribution in [1.82, 2.24) is 19.4 Å². The highest BCUT2D eigenvalue weighted by molar-refractivity contribution is 5.97. The molecule has 0 unspecified atom stereocenters. The molecule has 1 amide bonds. The molecule has 1 aliphatic heterocycles. The third kappa shape index (κ3) is 9.71. The van der Waals surface area contributed by atoms with Gasteiger partial charge in [0.15, 0.2) is 0 Å². The molecule has 0 atom stereocenters. The number of hydrogen-bond donors (Lipinski definition) is 3. The van der Waals surface area contributed by atoms with Gasteiger partial charge in [-0.05, 0) is 90.5 Å². The molecule has 5 aromatic carbocycles. The summed E-state index contributed by atoms with van der Waals surface area (Å²) in [5, 5.41) is 7.77. The van der Waals surface area contributed by atoms with Gasteiger partial charge in [0.1, 0.15) is 17.4 Å². The van der Waals surface area contributed by atoms with Gasteiger partial charge in [-0.3, -0.25) is 15.1 Å². The summed E-state index contributed by atoms with van der Waals surface area (Å²) in [5.74, 6) is 1.76. The highest BCUT2D eigenvalue weighted by Crippen LogP contribution is 2.25. The minimum Gasteiger partial charge on any atom is -0.497 e. The average Bonchev–Trinajstić information content (AvgIpc) is 3.59. The van der Waals surface area contributed by atoms with Gasteiger partial charge in [0.25, 0.3) is 5.91 Å². The molecule has 0 radical (unpaired) electrons. The molecular formula is C47H54N8O2. The molecule has 7 rings (SSSR count). The topological polar surface area (TPSA) is 130 Å². The van der Waals surface area contributed by atoms with Crippen LogP contribution in [0.3, 0.4) is 0 Å². The van der Waals surface area contributed by atoms with Crippen LogP contribution < -0.4 is 21.1 Å². The number of piperazine rings is 1. The van der Waals surface area contributed by atoms with Crippen LogP contribution in [-0.4, -0.2) is 70.9 Å². The number of nitrogen functional groups attached to an aromatic ring is 1. The quantitative estimate of drug-likeness (QED) is 0.0720. The van der Waals surface area contributed by atoms with Crippen LogP contribution in [0, 0.1) is 12.3 Å². The number of fused-ring (bicyclic) bond motifs is 1. The van der Waals surface area contributed by atoms with Crippen LogP contribution in [0.15, 0.2) is 115 Å². The van der Waals surface area contributed by atoms with Crippen LogP contribution in [0.4, 0.5) is 5.69 Å². The number of nitrogens with two attached hydrogens (primary N) is 2. The first-order valence-corrected chi connectivity index (χ1v) is 19.9. The number of para-hydroxylation sites is 1. The van der Waals surface area contributed by atoms with E-state index in [-0.39, 0.29) is 11.7 Å². The zero-order valence-electron chi connectivity index (χ0n) is 33.2. The van der Waals surface area contributed by atoms with Gasteiger partial charge in [-0.25, -0.2) is 4.98 Å². The Morgan fingerprint density at radius 1 is 0.772 bits per heavy atom. The maximum absolute atomic E-state index is 14.4. The highest BCUT2D eigenvalue weighted by atomic mass is 16.5. The number of hydrogen-bond acceptors (Lipinski definition) is 7. The second-order valence-corrected chi connectivity index (χ2v) is 15.0. The molecule has 1 fully saturated rings. The molecule has 10 nitrogen and oxygen atoms in total. The largest absolute Gasteiger partial charge is 0.497 e. The summed E-state index contributed by atoms with van der Waals surface area (Å²) in [6.07, 6.45) is 2.53. The Morgan fingerprint density at radius 2 is 1.47 bits per heavy atom. The van der Waals surface area contributed by atoms with Crippen molar-refractivity contribution in [2.45, 2.75) is 52.4 Å². The molecule has 2 heterocycles. The van der Waals surface area contributed by atoms with Gasteiger partial charge in [-0.2, -0.15) is 0 Å². The number of ether oxygens (including phenoxy) is 1. The first-order valence-electron chi connectivity index (χ1n) is 19.9. The number of benzene rings is 5. The van der Waals surface area contributed by atoms with Crippen molar-refractivity contribution < 1.29 is 9.53 Å². The van der Waals surface area contributed by atoms with E-state index in [1.807, 2.05) is 89.8 Å². The number of amidine groups is 1. The molecule has 0 saturated carbocycles. The fraction of sp³-hybridized carbons (Fsp3) is 0.298.